The number of hydrogen-bond acceptors (Lipinski definition) is 7. The first-order valence-corrected chi connectivity index (χ1v) is 3.47. The first kappa shape index (κ1) is 12.7. The Bertz CT molecular complexity index is 289. The van der Waals surface area contributed by atoms with Crippen molar-refractivity contribution in [3.8, 4) is 0 Å². The summed E-state index contributed by atoms with van der Waals surface area (Å²) in [6, 6.07) is 0. The normalized spacial score (nSPS) is 10.7. The number of nitrogens with two attached hydrogens (primary N) is 1. The van der Waals surface area contributed by atoms with Gasteiger partial charge in [0.1, 0.15) is 0 Å². The molecule has 0 rings (SSSR count). The zero-order valence-corrected chi connectivity index (χ0v) is 7.19. The highest BCUT2D eigenvalue weighted by Gasteiger charge is 2.69. The van der Waals surface area contributed by atoms with E-state index in [0.717, 1.165) is 0 Å². The predicted molar refractivity (Wildman–Crippen MR) is 42.1 cm³/mol. The molecular weight excluding hydrogens is 216 g/mol. The predicted octanol–water partition coefficient (Wildman–Crippen LogP) is -1.26. The molecule has 0 spiro atoms. The maximum atomic E-state index is 10.3. The molecule has 0 aromatic carbocycles. The maximum Gasteiger partial charge on any atom is 0.700 e. The lowest BCUT2D eigenvalue weighted by atomic mass is 10.2. The lowest BCUT2D eigenvalue weighted by molar-refractivity contribution is -0.970. The Labute approximate surface area is 81.3 Å². The van der Waals surface area contributed by atoms with Crippen LogP contribution in [0.1, 0.15) is 12.8 Å². The zero-order chi connectivity index (χ0) is 12.2. The summed E-state index contributed by atoms with van der Waals surface area (Å²) in [5.41, 5.74) is 4.59. The molecule has 0 unspecified atom stereocenters. The summed E-state index contributed by atoms with van der Waals surface area (Å²) in [6.45, 7) is 0. The first-order chi connectivity index (χ1) is 6.75. The lowest BCUT2D eigenvalue weighted by Gasteiger charge is -2.07. The fourth-order valence-electron chi connectivity index (χ4n) is 0.765. The van der Waals surface area contributed by atoms with E-state index in [2.05, 4.69) is 5.73 Å². The molecule has 0 aliphatic rings. The van der Waals surface area contributed by atoms with Crippen molar-refractivity contribution in [3.63, 3.8) is 0 Å². The molecular formula is C4H6N4O7. The molecule has 0 atom stereocenters. The van der Waals surface area contributed by atoms with E-state index in [-0.39, 0.29) is 0 Å². The second-order valence-electron chi connectivity index (χ2n) is 2.51. The Morgan fingerprint density at radius 2 is 1.40 bits per heavy atom. The van der Waals surface area contributed by atoms with Gasteiger partial charge in [-0.15, -0.1) is 0 Å². The Balaban J connectivity index is 5.15. The van der Waals surface area contributed by atoms with Crippen LogP contribution >= 0.6 is 0 Å². The molecule has 0 saturated carbocycles. The van der Waals surface area contributed by atoms with Crippen LogP contribution in [0.25, 0.3) is 0 Å². The molecule has 0 aromatic rings. The van der Waals surface area contributed by atoms with Crippen LogP contribution in [0.4, 0.5) is 0 Å². The fourth-order valence-corrected chi connectivity index (χ4v) is 0.765. The van der Waals surface area contributed by atoms with Gasteiger partial charge in [-0.05, 0) is 0 Å². The number of nitro groups is 3. The second-order valence-corrected chi connectivity index (χ2v) is 2.51. The number of rotatable bonds is 6. The van der Waals surface area contributed by atoms with Crippen molar-refractivity contribution in [2.24, 2.45) is 5.73 Å². The van der Waals surface area contributed by atoms with Gasteiger partial charge < -0.3 is 5.73 Å². The first-order valence-electron chi connectivity index (χ1n) is 3.47. The number of amides is 1. The topological polar surface area (TPSA) is 173 Å². The minimum Gasteiger partial charge on any atom is -0.370 e. The van der Waals surface area contributed by atoms with Crippen LogP contribution in [0, 0.1) is 30.3 Å². The van der Waals surface area contributed by atoms with E-state index in [1.165, 1.54) is 0 Å². The van der Waals surface area contributed by atoms with Crippen LogP contribution in [-0.4, -0.2) is 26.5 Å². The number of hydrogen-bond donors (Lipinski definition) is 1. The van der Waals surface area contributed by atoms with Gasteiger partial charge in [-0.2, -0.15) is 0 Å². The van der Waals surface area contributed by atoms with Crippen LogP contribution < -0.4 is 5.73 Å². The summed E-state index contributed by atoms with van der Waals surface area (Å²) >= 11 is 0. The average molecular weight is 222 g/mol. The summed E-state index contributed by atoms with van der Waals surface area (Å²) in [6.07, 6.45) is -2.00. The SMILES string of the molecule is NC(=O)CCC([N+](=O)[O-])([N+](=O)[O-])[N+](=O)[O-]. The molecule has 0 bridgehead atoms. The maximum absolute atomic E-state index is 10.3. The monoisotopic (exact) mass is 222 g/mol. The Morgan fingerprint density at radius 3 is 1.60 bits per heavy atom. The van der Waals surface area contributed by atoms with Crippen molar-refractivity contribution in [2.75, 3.05) is 0 Å². The van der Waals surface area contributed by atoms with Gasteiger partial charge in [0.15, 0.2) is 21.2 Å². The number of primary amides is 1. The average Bonchev–Trinajstić information content (AvgIpc) is 2.02. The summed E-state index contributed by atoms with van der Waals surface area (Å²) in [5, 5.41) is 30.9. The van der Waals surface area contributed by atoms with Gasteiger partial charge in [0.2, 0.25) is 5.91 Å². The van der Waals surface area contributed by atoms with Crippen molar-refractivity contribution in [1.82, 2.24) is 0 Å². The van der Waals surface area contributed by atoms with Crippen molar-refractivity contribution in [1.29, 1.82) is 0 Å². The molecule has 0 aliphatic heterocycles. The van der Waals surface area contributed by atoms with E-state index in [4.69, 9.17) is 0 Å². The smallest absolute Gasteiger partial charge is 0.370 e. The fraction of sp³-hybridized carbons (Fsp3) is 0.750. The molecule has 1 amide bonds. The third-order valence-corrected chi connectivity index (χ3v) is 1.58. The van der Waals surface area contributed by atoms with Crippen molar-refractivity contribution >= 4 is 5.91 Å². The highest BCUT2D eigenvalue weighted by molar-refractivity contribution is 5.73. The standard InChI is InChI=1S/C4H6N4O7/c5-3(9)1-2-4(6(10)11,7(12)13)8(14)15/h1-2H2,(H2,5,9). The summed E-state index contributed by atoms with van der Waals surface area (Å²) in [5.74, 6) is -4.69. The van der Waals surface area contributed by atoms with Crippen molar-refractivity contribution < 1.29 is 19.6 Å². The molecule has 0 heterocycles. The second kappa shape index (κ2) is 4.26. The van der Waals surface area contributed by atoms with Crippen LogP contribution in [-0.2, 0) is 4.79 Å². The van der Waals surface area contributed by atoms with Crippen molar-refractivity contribution in [3.05, 3.63) is 30.3 Å². The molecule has 0 radical (unpaired) electrons. The molecule has 2 N–H and O–H groups in total. The molecule has 84 valence electrons. The third-order valence-electron chi connectivity index (χ3n) is 1.58. The zero-order valence-electron chi connectivity index (χ0n) is 7.19. The van der Waals surface area contributed by atoms with E-state index < -0.39 is 39.3 Å². The molecule has 15 heavy (non-hydrogen) atoms. The third kappa shape index (κ3) is 2.32. The molecule has 0 fully saturated rings. The van der Waals surface area contributed by atoms with E-state index in [0.29, 0.717) is 0 Å². The number of nitrogens with zero attached hydrogens (tertiary/aromatic N) is 3. The highest BCUT2D eigenvalue weighted by atomic mass is 16.7. The summed E-state index contributed by atoms with van der Waals surface area (Å²) < 4.78 is 0. The van der Waals surface area contributed by atoms with Gasteiger partial charge in [0, 0.05) is 6.42 Å². The van der Waals surface area contributed by atoms with Gasteiger partial charge in [-0.1, -0.05) is 0 Å². The molecule has 0 saturated heterocycles. The largest absolute Gasteiger partial charge is 0.700 e. The van der Waals surface area contributed by atoms with Gasteiger partial charge in [0.05, 0.1) is 0 Å². The van der Waals surface area contributed by atoms with Gasteiger partial charge in [-0.3, -0.25) is 35.1 Å². The van der Waals surface area contributed by atoms with E-state index in [1.54, 1.807) is 0 Å². The van der Waals surface area contributed by atoms with Crippen molar-refractivity contribution in [2.45, 2.75) is 18.6 Å². The van der Waals surface area contributed by atoms with E-state index >= 15 is 0 Å². The Kier molecular flexibility index (Phi) is 3.59. The Morgan fingerprint density at radius 1 is 1.07 bits per heavy atom. The van der Waals surface area contributed by atoms with Gasteiger partial charge >= 0.3 is 5.79 Å². The minimum atomic E-state index is -3.60. The van der Waals surface area contributed by atoms with E-state index in [9.17, 15) is 35.1 Å². The molecule has 11 heteroatoms. The highest BCUT2D eigenvalue weighted by Crippen LogP contribution is 2.18. The van der Waals surface area contributed by atoms with Gasteiger partial charge in [-0.25, -0.2) is 0 Å². The molecule has 0 aromatic heterocycles. The quantitative estimate of drug-likeness (QED) is 0.331. The minimum absolute atomic E-state index is 0.817. The lowest BCUT2D eigenvalue weighted by Crippen LogP contribution is -2.53. The number of carbonyl (C=O) groups excluding carboxylic acids is 1. The summed E-state index contributed by atoms with van der Waals surface area (Å²) in [7, 11) is 0. The van der Waals surface area contributed by atoms with Crippen LogP contribution in [0.5, 0.6) is 0 Å². The summed E-state index contributed by atoms with van der Waals surface area (Å²) in [4.78, 5) is 36.2. The van der Waals surface area contributed by atoms with Gasteiger partial charge in [0.25, 0.3) is 0 Å². The van der Waals surface area contributed by atoms with Crippen LogP contribution in [0.2, 0.25) is 0 Å². The van der Waals surface area contributed by atoms with Crippen LogP contribution in [0.3, 0.4) is 0 Å². The van der Waals surface area contributed by atoms with E-state index in [1.807, 2.05) is 0 Å². The van der Waals surface area contributed by atoms with Crippen LogP contribution in [0.15, 0.2) is 0 Å². The molecule has 11 nitrogen and oxygen atoms in total. The number of carbonyl (C=O) groups is 1. The molecule has 0 aliphatic carbocycles. The Hall–Kier alpha value is -2.33.